The summed E-state index contributed by atoms with van der Waals surface area (Å²) in [6, 6.07) is 3.94. The Kier molecular flexibility index (Phi) is 5.43. The van der Waals surface area contributed by atoms with Crippen LogP contribution in [0.1, 0.15) is 73.4 Å². The van der Waals surface area contributed by atoms with Gasteiger partial charge in [-0.15, -0.1) is 0 Å². The minimum absolute atomic E-state index is 0.128. The number of benzene rings is 1. The van der Waals surface area contributed by atoms with Crippen LogP contribution in [0, 0.1) is 10.8 Å². The smallest absolute Gasteiger partial charge is 0.126 e. The van der Waals surface area contributed by atoms with E-state index in [2.05, 4.69) is 62.3 Å². The van der Waals surface area contributed by atoms with Gasteiger partial charge in [-0.3, -0.25) is 0 Å². The van der Waals surface area contributed by atoms with Gasteiger partial charge in [-0.1, -0.05) is 62.3 Å². The van der Waals surface area contributed by atoms with Crippen LogP contribution >= 0.6 is 0 Å². The van der Waals surface area contributed by atoms with Crippen LogP contribution in [0.3, 0.4) is 0 Å². The molecule has 0 atom stereocenters. The fourth-order valence-corrected chi connectivity index (χ4v) is 3.85. The third-order valence-corrected chi connectivity index (χ3v) is 4.84. The standard InChI is InChI=1S/C21H36O3/c1-18(2,3)17-15(23-10)12-14(13-16(17)24-11)21(22,19(4,5)6)20(7,8)9/h12-13,22H,1-11H3. The summed E-state index contributed by atoms with van der Waals surface area (Å²) in [5.41, 5.74) is -0.0476. The average molecular weight is 337 g/mol. The largest absolute Gasteiger partial charge is 0.496 e. The summed E-state index contributed by atoms with van der Waals surface area (Å²) in [6.07, 6.45) is 0. The summed E-state index contributed by atoms with van der Waals surface area (Å²) in [7, 11) is 3.34. The van der Waals surface area contributed by atoms with Gasteiger partial charge in [-0.25, -0.2) is 0 Å². The van der Waals surface area contributed by atoms with Crippen molar-refractivity contribution in [3.8, 4) is 11.5 Å². The summed E-state index contributed by atoms with van der Waals surface area (Å²) >= 11 is 0. The molecule has 0 aliphatic rings. The minimum atomic E-state index is -1.04. The molecule has 0 heterocycles. The summed E-state index contributed by atoms with van der Waals surface area (Å²) in [5.74, 6) is 1.51. The second-order valence-corrected chi connectivity index (χ2v) is 9.72. The SMILES string of the molecule is COc1cc(C(O)(C(C)(C)C)C(C)(C)C)cc(OC)c1C(C)(C)C. The lowest BCUT2D eigenvalue weighted by Gasteiger charge is -2.50. The van der Waals surface area contributed by atoms with Crippen molar-refractivity contribution in [2.45, 2.75) is 73.3 Å². The predicted molar refractivity (Wildman–Crippen MR) is 101 cm³/mol. The predicted octanol–water partition coefficient (Wildman–Crippen LogP) is 5.28. The van der Waals surface area contributed by atoms with Crippen molar-refractivity contribution < 1.29 is 14.6 Å². The summed E-state index contributed by atoms with van der Waals surface area (Å²) in [4.78, 5) is 0. The number of hydrogen-bond donors (Lipinski definition) is 1. The Morgan fingerprint density at radius 1 is 0.708 bits per heavy atom. The van der Waals surface area contributed by atoms with Crippen molar-refractivity contribution in [1.29, 1.82) is 0 Å². The molecule has 0 amide bonds. The van der Waals surface area contributed by atoms with Crippen LogP contribution < -0.4 is 9.47 Å². The van der Waals surface area contributed by atoms with Crippen LogP contribution in [-0.2, 0) is 11.0 Å². The van der Waals surface area contributed by atoms with Gasteiger partial charge in [-0.05, 0) is 33.9 Å². The maximum atomic E-state index is 11.8. The highest BCUT2D eigenvalue weighted by molar-refractivity contribution is 5.53. The number of hydrogen-bond acceptors (Lipinski definition) is 3. The molecule has 0 saturated heterocycles. The van der Waals surface area contributed by atoms with Crippen LogP contribution in [0.2, 0.25) is 0 Å². The Balaban J connectivity index is 3.84. The molecule has 0 aliphatic carbocycles. The zero-order chi connectivity index (χ0) is 19.1. The van der Waals surface area contributed by atoms with Crippen LogP contribution in [-0.4, -0.2) is 19.3 Å². The van der Waals surface area contributed by atoms with Gasteiger partial charge in [0.2, 0.25) is 0 Å². The van der Waals surface area contributed by atoms with E-state index in [-0.39, 0.29) is 16.2 Å². The molecule has 1 aromatic carbocycles. The van der Waals surface area contributed by atoms with Gasteiger partial charge in [-0.2, -0.15) is 0 Å². The average Bonchev–Trinajstić information content (AvgIpc) is 2.41. The van der Waals surface area contributed by atoms with E-state index in [9.17, 15) is 5.11 Å². The van der Waals surface area contributed by atoms with Gasteiger partial charge < -0.3 is 14.6 Å². The Bertz CT molecular complexity index is 542. The normalized spacial score (nSPS) is 13.8. The van der Waals surface area contributed by atoms with Crippen LogP contribution in [0.4, 0.5) is 0 Å². The highest BCUT2D eigenvalue weighted by Gasteiger charge is 2.51. The maximum Gasteiger partial charge on any atom is 0.126 e. The quantitative estimate of drug-likeness (QED) is 0.816. The number of ether oxygens (including phenoxy) is 2. The van der Waals surface area contributed by atoms with E-state index in [1.807, 2.05) is 12.1 Å². The molecule has 0 saturated carbocycles. The van der Waals surface area contributed by atoms with Crippen LogP contribution in [0.5, 0.6) is 11.5 Å². The van der Waals surface area contributed by atoms with Gasteiger partial charge in [0.05, 0.1) is 19.8 Å². The highest BCUT2D eigenvalue weighted by Crippen LogP contribution is 2.53. The van der Waals surface area contributed by atoms with Crippen LogP contribution in [0.25, 0.3) is 0 Å². The molecule has 1 aromatic rings. The molecule has 1 N–H and O–H groups in total. The van der Waals surface area contributed by atoms with Crippen molar-refractivity contribution >= 4 is 0 Å². The van der Waals surface area contributed by atoms with Gasteiger partial charge in [0.1, 0.15) is 11.5 Å². The van der Waals surface area contributed by atoms with E-state index in [0.29, 0.717) is 0 Å². The Morgan fingerprint density at radius 3 is 1.25 bits per heavy atom. The summed E-state index contributed by atoms with van der Waals surface area (Å²) in [6.45, 7) is 18.8. The molecule has 0 bridgehead atoms. The monoisotopic (exact) mass is 336 g/mol. The van der Waals surface area contributed by atoms with E-state index in [4.69, 9.17) is 9.47 Å². The second kappa shape index (κ2) is 6.25. The molecule has 24 heavy (non-hydrogen) atoms. The molecule has 0 aliphatic heterocycles. The molecular weight excluding hydrogens is 300 g/mol. The zero-order valence-corrected chi connectivity index (χ0v) is 17.4. The molecular formula is C21H36O3. The fraction of sp³-hybridized carbons (Fsp3) is 0.714. The molecule has 138 valence electrons. The maximum absolute atomic E-state index is 11.8. The van der Waals surface area contributed by atoms with Crippen molar-refractivity contribution in [3.63, 3.8) is 0 Å². The van der Waals surface area contributed by atoms with Crippen molar-refractivity contribution in [2.24, 2.45) is 10.8 Å². The topological polar surface area (TPSA) is 38.7 Å². The van der Waals surface area contributed by atoms with Crippen molar-refractivity contribution in [1.82, 2.24) is 0 Å². The van der Waals surface area contributed by atoms with E-state index in [0.717, 1.165) is 22.6 Å². The van der Waals surface area contributed by atoms with Gasteiger partial charge >= 0.3 is 0 Å². The summed E-state index contributed by atoms with van der Waals surface area (Å²) < 4.78 is 11.4. The molecule has 3 heteroatoms. The van der Waals surface area contributed by atoms with Crippen LogP contribution in [0.15, 0.2) is 12.1 Å². The number of methoxy groups -OCH3 is 2. The first-order chi connectivity index (χ1) is 10.6. The van der Waals surface area contributed by atoms with Crippen molar-refractivity contribution in [2.75, 3.05) is 14.2 Å². The Labute approximate surface area is 148 Å². The molecule has 1 rings (SSSR count). The number of rotatable bonds is 3. The molecule has 0 unspecified atom stereocenters. The third-order valence-electron chi connectivity index (χ3n) is 4.84. The van der Waals surface area contributed by atoms with E-state index in [1.165, 1.54) is 0 Å². The molecule has 0 spiro atoms. The van der Waals surface area contributed by atoms with Gasteiger partial charge in [0.15, 0.2) is 0 Å². The Morgan fingerprint density at radius 2 is 1.04 bits per heavy atom. The highest BCUT2D eigenvalue weighted by atomic mass is 16.5. The number of aliphatic hydroxyl groups is 1. The second-order valence-electron chi connectivity index (χ2n) is 9.72. The van der Waals surface area contributed by atoms with E-state index < -0.39 is 5.60 Å². The first kappa shape index (κ1) is 20.8. The molecule has 0 radical (unpaired) electrons. The first-order valence-electron chi connectivity index (χ1n) is 8.60. The van der Waals surface area contributed by atoms with E-state index >= 15 is 0 Å². The lowest BCUT2D eigenvalue weighted by atomic mass is 9.59. The first-order valence-corrected chi connectivity index (χ1v) is 8.60. The fourth-order valence-electron chi connectivity index (χ4n) is 3.85. The summed E-state index contributed by atoms with van der Waals surface area (Å²) in [5, 5.41) is 11.8. The molecule has 3 nitrogen and oxygen atoms in total. The molecule has 0 aromatic heterocycles. The lowest BCUT2D eigenvalue weighted by molar-refractivity contribution is -0.145. The minimum Gasteiger partial charge on any atom is -0.496 e. The van der Waals surface area contributed by atoms with Gasteiger partial charge in [0.25, 0.3) is 0 Å². The van der Waals surface area contributed by atoms with Crippen molar-refractivity contribution in [3.05, 3.63) is 23.3 Å². The molecule has 0 fully saturated rings. The Hall–Kier alpha value is -1.22. The third kappa shape index (κ3) is 3.42. The van der Waals surface area contributed by atoms with E-state index in [1.54, 1.807) is 14.2 Å². The lowest BCUT2D eigenvalue weighted by Crippen LogP contribution is -2.50. The van der Waals surface area contributed by atoms with Gasteiger partial charge in [0, 0.05) is 5.56 Å². The zero-order valence-electron chi connectivity index (χ0n) is 17.4.